The topological polar surface area (TPSA) is 100 Å². The lowest BCUT2D eigenvalue weighted by Crippen LogP contribution is -2.25. The Bertz CT molecular complexity index is 657. The molecule has 1 aliphatic carbocycles. The van der Waals surface area contributed by atoms with Crippen LogP contribution in [-0.4, -0.2) is 22.0 Å². The van der Waals surface area contributed by atoms with Gasteiger partial charge in [-0.15, -0.1) is 0 Å². The van der Waals surface area contributed by atoms with Gasteiger partial charge in [0.25, 0.3) is 5.91 Å². The van der Waals surface area contributed by atoms with Crippen molar-refractivity contribution in [3.63, 3.8) is 0 Å². The van der Waals surface area contributed by atoms with Crippen LogP contribution in [0.4, 0.5) is 5.69 Å². The lowest BCUT2D eigenvalue weighted by molar-refractivity contribution is -0.117. The van der Waals surface area contributed by atoms with Crippen molar-refractivity contribution in [2.75, 3.05) is 5.32 Å². The molecule has 3 N–H and O–H groups in total. The first-order valence-electron chi connectivity index (χ1n) is 7.86. The number of hydrogen-bond donors (Lipinski definition) is 3. The Morgan fingerprint density at radius 1 is 1.35 bits per heavy atom. The first kappa shape index (κ1) is 15.3. The smallest absolute Gasteiger partial charge is 0.271 e. The summed E-state index contributed by atoms with van der Waals surface area (Å²) in [7, 11) is 0. The van der Waals surface area contributed by atoms with Crippen LogP contribution >= 0.6 is 0 Å². The summed E-state index contributed by atoms with van der Waals surface area (Å²) in [6, 6.07) is 3.53. The molecule has 23 heavy (non-hydrogen) atoms. The fourth-order valence-electron chi connectivity index (χ4n) is 2.90. The van der Waals surface area contributed by atoms with Crippen molar-refractivity contribution in [1.29, 1.82) is 0 Å². The van der Waals surface area contributed by atoms with E-state index in [0.29, 0.717) is 23.8 Å². The second-order valence-corrected chi connectivity index (χ2v) is 5.82. The molecule has 1 saturated carbocycles. The lowest BCUT2D eigenvalue weighted by atomic mass is 10.0. The van der Waals surface area contributed by atoms with E-state index in [-0.39, 0.29) is 24.1 Å². The minimum absolute atomic E-state index is 0.0709. The summed E-state index contributed by atoms with van der Waals surface area (Å²) in [6.45, 7) is 0.278. The highest BCUT2D eigenvalue weighted by atomic mass is 16.3. The van der Waals surface area contributed by atoms with Gasteiger partial charge in [-0.1, -0.05) is 12.8 Å². The Balaban J connectivity index is 1.55. The molecule has 0 saturated heterocycles. The van der Waals surface area contributed by atoms with E-state index in [1.54, 1.807) is 18.4 Å². The Kier molecular flexibility index (Phi) is 4.75. The van der Waals surface area contributed by atoms with Gasteiger partial charge in [0, 0.05) is 6.42 Å². The number of carbonyl (C=O) groups excluding carboxylic acids is 2. The number of H-pyrrole nitrogens is 1. The molecule has 0 unspecified atom stereocenters. The third-order valence-corrected chi connectivity index (χ3v) is 4.09. The van der Waals surface area contributed by atoms with Crippen LogP contribution in [0, 0.1) is 5.92 Å². The molecule has 0 bridgehead atoms. The summed E-state index contributed by atoms with van der Waals surface area (Å²) >= 11 is 0. The number of carbonyl (C=O) groups is 2. The Morgan fingerprint density at radius 3 is 2.91 bits per heavy atom. The summed E-state index contributed by atoms with van der Waals surface area (Å²) < 4.78 is 5.16. The standard InChI is InChI=1S/C16H20N4O3/c21-14(8-11-4-1-2-5-11)19-13-10-18-20-15(13)16(22)17-9-12-6-3-7-23-12/h3,6-7,10-11H,1-2,4-5,8-9H2,(H,17,22)(H,18,20)(H,19,21). The number of rotatable bonds is 6. The molecule has 3 rings (SSSR count). The van der Waals surface area contributed by atoms with E-state index in [1.807, 2.05) is 0 Å². The van der Waals surface area contributed by atoms with Gasteiger partial charge >= 0.3 is 0 Å². The third-order valence-electron chi connectivity index (χ3n) is 4.09. The van der Waals surface area contributed by atoms with Crippen molar-refractivity contribution in [3.05, 3.63) is 36.0 Å². The van der Waals surface area contributed by atoms with Crippen LogP contribution in [0.5, 0.6) is 0 Å². The fourth-order valence-corrected chi connectivity index (χ4v) is 2.90. The van der Waals surface area contributed by atoms with Crippen LogP contribution in [-0.2, 0) is 11.3 Å². The molecule has 2 amide bonds. The van der Waals surface area contributed by atoms with Crippen LogP contribution in [0.3, 0.4) is 0 Å². The van der Waals surface area contributed by atoms with Crippen molar-refractivity contribution in [2.45, 2.75) is 38.6 Å². The van der Waals surface area contributed by atoms with Crippen LogP contribution in [0.15, 0.2) is 29.0 Å². The summed E-state index contributed by atoms with van der Waals surface area (Å²) in [5.74, 6) is 0.705. The number of amides is 2. The molecular formula is C16H20N4O3. The van der Waals surface area contributed by atoms with Gasteiger partial charge in [0.1, 0.15) is 11.5 Å². The van der Waals surface area contributed by atoms with Crippen molar-refractivity contribution in [1.82, 2.24) is 15.5 Å². The molecule has 2 aromatic heterocycles. The molecule has 0 spiro atoms. The number of hydrogen-bond acceptors (Lipinski definition) is 4. The molecule has 0 aliphatic heterocycles. The number of nitrogens with zero attached hydrogens (tertiary/aromatic N) is 1. The van der Waals surface area contributed by atoms with Gasteiger partial charge in [0.05, 0.1) is 24.7 Å². The molecule has 1 fully saturated rings. The maximum absolute atomic E-state index is 12.2. The SMILES string of the molecule is O=C(CC1CCCC1)Nc1cn[nH]c1C(=O)NCc1ccco1. The number of aromatic nitrogens is 2. The van der Waals surface area contributed by atoms with E-state index in [9.17, 15) is 9.59 Å². The van der Waals surface area contributed by atoms with Gasteiger partial charge in [0.2, 0.25) is 5.91 Å². The molecule has 1 aliphatic rings. The van der Waals surface area contributed by atoms with Gasteiger partial charge < -0.3 is 15.1 Å². The highest BCUT2D eigenvalue weighted by Gasteiger charge is 2.20. The van der Waals surface area contributed by atoms with Gasteiger partial charge in [0.15, 0.2) is 0 Å². The summed E-state index contributed by atoms with van der Waals surface area (Å²) in [5, 5.41) is 12.0. The average molecular weight is 316 g/mol. The zero-order chi connectivity index (χ0) is 16.1. The molecule has 0 radical (unpaired) electrons. The number of aromatic amines is 1. The summed E-state index contributed by atoms with van der Waals surface area (Å²) in [5.41, 5.74) is 0.654. The minimum Gasteiger partial charge on any atom is -0.467 e. The highest BCUT2D eigenvalue weighted by molar-refractivity contribution is 6.02. The number of anilines is 1. The van der Waals surface area contributed by atoms with Crippen LogP contribution < -0.4 is 10.6 Å². The van der Waals surface area contributed by atoms with Gasteiger partial charge in [-0.05, 0) is 30.9 Å². The lowest BCUT2D eigenvalue weighted by Gasteiger charge is -2.09. The molecule has 2 heterocycles. The van der Waals surface area contributed by atoms with Crippen molar-refractivity contribution in [3.8, 4) is 0 Å². The first-order chi connectivity index (χ1) is 11.2. The maximum Gasteiger partial charge on any atom is 0.271 e. The minimum atomic E-state index is -0.338. The second-order valence-electron chi connectivity index (χ2n) is 5.82. The van der Waals surface area contributed by atoms with E-state index in [1.165, 1.54) is 19.0 Å². The van der Waals surface area contributed by atoms with Gasteiger partial charge in [-0.3, -0.25) is 14.7 Å². The van der Waals surface area contributed by atoms with Crippen LogP contribution in [0.1, 0.15) is 48.4 Å². The molecule has 7 nitrogen and oxygen atoms in total. The average Bonchev–Trinajstić information content (AvgIpc) is 3.27. The largest absolute Gasteiger partial charge is 0.467 e. The summed E-state index contributed by atoms with van der Waals surface area (Å²) in [4.78, 5) is 24.3. The zero-order valence-electron chi connectivity index (χ0n) is 12.8. The molecule has 2 aromatic rings. The van der Waals surface area contributed by atoms with E-state index >= 15 is 0 Å². The van der Waals surface area contributed by atoms with Gasteiger partial charge in [-0.2, -0.15) is 5.10 Å². The Morgan fingerprint density at radius 2 is 2.17 bits per heavy atom. The molecule has 0 atom stereocenters. The Labute approximate surface area is 133 Å². The fraction of sp³-hybridized carbons (Fsp3) is 0.438. The normalized spacial score (nSPS) is 14.8. The third kappa shape index (κ3) is 4.00. The molecular weight excluding hydrogens is 296 g/mol. The van der Waals surface area contributed by atoms with E-state index in [4.69, 9.17) is 4.42 Å². The number of furan rings is 1. The second kappa shape index (κ2) is 7.13. The first-order valence-corrected chi connectivity index (χ1v) is 7.86. The van der Waals surface area contributed by atoms with E-state index in [0.717, 1.165) is 12.8 Å². The zero-order valence-corrected chi connectivity index (χ0v) is 12.8. The maximum atomic E-state index is 12.2. The predicted octanol–water partition coefficient (Wildman–Crippen LogP) is 2.45. The van der Waals surface area contributed by atoms with Crippen molar-refractivity contribution in [2.24, 2.45) is 5.92 Å². The molecule has 122 valence electrons. The van der Waals surface area contributed by atoms with Gasteiger partial charge in [-0.25, -0.2) is 0 Å². The predicted molar refractivity (Wildman–Crippen MR) is 83.7 cm³/mol. The number of nitrogens with one attached hydrogen (secondary N) is 3. The van der Waals surface area contributed by atoms with Crippen LogP contribution in [0.25, 0.3) is 0 Å². The quantitative estimate of drug-likeness (QED) is 0.762. The molecule has 0 aromatic carbocycles. The molecule has 7 heteroatoms. The van der Waals surface area contributed by atoms with E-state index in [2.05, 4.69) is 20.8 Å². The monoisotopic (exact) mass is 316 g/mol. The van der Waals surface area contributed by atoms with E-state index < -0.39 is 0 Å². The van der Waals surface area contributed by atoms with Crippen molar-refractivity contribution < 1.29 is 14.0 Å². The van der Waals surface area contributed by atoms with Crippen LogP contribution in [0.2, 0.25) is 0 Å². The summed E-state index contributed by atoms with van der Waals surface area (Å²) in [6.07, 6.45) is 8.11. The Hall–Kier alpha value is -2.57. The van der Waals surface area contributed by atoms with Crippen molar-refractivity contribution >= 4 is 17.5 Å². The highest BCUT2D eigenvalue weighted by Crippen LogP contribution is 2.27.